The molecule has 1 aliphatic rings. The van der Waals surface area contributed by atoms with Crippen molar-refractivity contribution in [3.8, 4) is 0 Å². The second-order valence-electron chi connectivity index (χ2n) is 6.38. The number of benzene rings is 1. The zero-order valence-corrected chi connectivity index (χ0v) is 14.7. The molecular formula is C19H18F2N4O2. The summed E-state index contributed by atoms with van der Waals surface area (Å²) in [5.74, 6) is -0.404. The summed E-state index contributed by atoms with van der Waals surface area (Å²) < 4.78 is 34.3. The summed E-state index contributed by atoms with van der Waals surface area (Å²) in [5.41, 5.74) is 1.38. The van der Waals surface area contributed by atoms with Gasteiger partial charge in [0.05, 0.1) is 25.4 Å². The van der Waals surface area contributed by atoms with Crippen LogP contribution in [-0.4, -0.2) is 39.9 Å². The Balaban J connectivity index is 1.73. The monoisotopic (exact) mass is 372 g/mol. The van der Waals surface area contributed by atoms with E-state index in [1.54, 1.807) is 36.1 Å². The Bertz CT molecular complexity index is 991. The Morgan fingerprint density at radius 3 is 2.96 bits per heavy atom. The molecule has 6 nitrogen and oxygen atoms in total. The molecule has 2 atom stereocenters. The van der Waals surface area contributed by atoms with Gasteiger partial charge in [-0.05, 0) is 36.8 Å². The number of carbonyl (C=O) groups excluding carboxylic acids is 1. The summed E-state index contributed by atoms with van der Waals surface area (Å²) in [4.78, 5) is 18.0. The number of fused-ring (bicyclic) bond motifs is 1. The maximum Gasteiger partial charge on any atom is 0.358 e. The van der Waals surface area contributed by atoms with E-state index in [2.05, 4.69) is 10.1 Å². The molecule has 0 N–H and O–H groups in total. The zero-order chi connectivity index (χ0) is 19.0. The molecule has 3 heterocycles. The summed E-state index contributed by atoms with van der Waals surface area (Å²) in [6.07, 6.45) is 0.594. The van der Waals surface area contributed by atoms with Crippen LogP contribution in [0.15, 0.2) is 42.6 Å². The van der Waals surface area contributed by atoms with Gasteiger partial charge in [0.15, 0.2) is 11.3 Å². The smallest absolute Gasteiger partial charge is 0.358 e. The van der Waals surface area contributed by atoms with Gasteiger partial charge in [0.2, 0.25) is 0 Å². The fourth-order valence-electron chi connectivity index (χ4n) is 3.43. The van der Waals surface area contributed by atoms with Crippen LogP contribution in [0, 0.1) is 5.82 Å². The van der Waals surface area contributed by atoms with E-state index in [0.717, 1.165) is 0 Å². The van der Waals surface area contributed by atoms with E-state index in [1.165, 1.54) is 22.8 Å². The Morgan fingerprint density at radius 1 is 1.33 bits per heavy atom. The topological polar surface area (TPSA) is 59.7 Å². The summed E-state index contributed by atoms with van der Waals surface area (Å²) in [6.45, 7) is 2.10. The lowest BCUT2D eigenvalue weighted by atomic mass is 10.0. The average Bonchev–Trinajstić information content (AvgIpc) is 3.25. The van der Waals surface area contributed by atoms with E-state index in [0.29, 0.717) is 17.0 Å². The molecule has 1 saturated heterocycles. The highest BCUT2D eigenvalue weighted by Crippen LogP contribution is 2.36. The van der Waals surface area contributed by atoms with Crippen LogP contribution in [0.3, 0.4) is 0 Å². The van der Waals surface area contributed by atoms with Gasteiger partial charge in [0, 0.05) is 6.42 Å². The molecule has 140 valence electrons. The quantitative estimate of drug-likeness (QED) is 0.658. The average molecular weight is 372 g/mol. The van der Waals surface area contributed by atoms with Crippen molar-refractivity contribution < 1.29 is 18.3 Å². The molecule has 1 aliphatic heterocycles. The lowest BCUT2D eigenvalue weighted by molar-refractivity contribution is 0.0516. The van der Waals surface area contributed by atoms with E-state index < -0.39 is 12.1 Å². The first kappa shape index (κ1) is 17.4. The number of hydrogen-bond donors (Lipinski definition) is 0. The minimum absolute atomic E-state index is 0.142. The van der Waals surface area contributed by atoms with E-state index in [9.17, 15) is 13.6 Å². The lowest BCUT2D eigenvalue weighted by Crippen LogP contribution is -2.25. The van der Waals surface area contributed by atoms with Crippen LogP contribution in [0.4, 0.5) is 14.6 Å². The number of esters is 1. The van der Waals surface area contributed by atoms with Crippen LogP contribution < -0.4 is 4.90 Å². The number of ether oxygens (including phenoxy) is 1. The van der Waals surface area contributed by atoms with Gasteiger partial charge in [-0.15, -0.1) is 5.10 Å². The van der Waals surface area contributed by atoms with Crippen LogP contribution >= 0.6 is 0 Å². The summed E-state index contributed by atoms with van der Waals surface area (Å²) in [5, 5.41) is 4.47. The second-order valence-corrected chi connectivity index (χ2v) is 6.38. The SMILES string of the molecule is CCOC(=O)c1cnc2ccc(N3C[C@H](F)CC3c3cccc(F)c3)nn12. The van der Waals surface area contributed by atoms with Gasteiger partial charge >= 0.3 is 5.97 Å². The number of carbonyl (C=O) groups is 1. The summed E-state index contributed by atoms with van der Waals surface area (Å²) in [7, 11) is 0. The van der Waals surface area contributed by atoms with Crippen molar-refractivity contribution in [2.45, 2.75) is 25.6 Å². The molecule has 8 heteroatoms. The maximum absolute atomic E-state index is 14.2. The molecule has 1 unspecified atom stereocenters. The predicted molar refractivity (Wildman–Crippen MR) is 94.9 cm³/mol. The predicted octanol–water partition coefficient (Wildman–Crippen LogP) is 3.33. The van der Waals surface area contributed by atoms with Crippen LogP contribution in [0.2, 0.25) is 0 Å². The normalized spacial score (nSPS) is 19.6. The van der Waals surface area contributed by atoms with Crippen molar-refractivity contribution in [3.63, 3.8) is 0 Å². The second kappa shape index (κ2) is 6.94. The highest BCUT2D eigenvalue weighted by molar-refractivity contribution is 5.88. The number of anilines is 1. The van der Waals surface area contributed by atoms with Crippen molar-refractivity contribution in [3.05, 3.63) is 59.7 Å². The van der Waals surface area contributed by atoms with Crippen molar-refractivity contribution >= 4 is 17.4 Å². The van der Waals surface area contributed by atoms with E-state index in [-0.39, 0.29) is 37.1 Å². The van der Waals surface area contributed by atoms with E-state index in [1.807, 2.05) is 0 Å². The number of aromatic nitrogens is 3. The van der Waals surface area contributed by atoms with Crippen LogP contribution in [0.5, 0.6) is 0 Å². The molecule has 2 aromatic heterocycles. The first-order chi connectivity index (χ1) is 13.1. The summed E-state index contributed by atoms with van der Waals surface area (Å²) >= 11 is 0. The van der Waals surface area contributed by atoms with Crippen LogP contribution in [0.25, 0.3) is 5.65 Å². The Kier molecular flexibility index (Phi) is 4.47. The molecule has 1 fully saturated rings. The number of nitrogens with zero attached hydrogens (tertiary/aromatic N) is 4. The molecule has 0 spiro atoms. The fourth-order valence-corrected chi connectivity index (χ4v) is 3.43. The third kappa shape index (κ3) is 3.22. The number of imidazole rings is 1. The molecule has 0 amide bonds. The minimum atomic E-state index is -1.05. The maximum atomic E-state index is 14.2. The van der Waals surface area contributed by atoms with Gasteiger partial charge in [-0.2, -0.15) is 0 Å². The standard InChI is InChI=1S/C19H18F2N4O2/c1-2-27-19(26)16-10-22-17-6-7-18(23-25(16)17)24-11-14(21)9-15(24)12-4-3-5-13(20)8-12/h3-8,10,14-15H,2,9,11H2,1H3/t14-,15?/m1/s1. The largest absolute Gasteiger partial charge is 0.461 e. The van der Waals surface area contributed by atoms with Gasteiger partial charge < -0.3 is 9.64 Å². The van der Waals surface area contributed by atoms with Crippen LogP contribution in [-0.2, 0) is 4.74 Å². The number of alkyl halides is 1. The number of halogens is 2. The van der Waals surface area contributed by atoms with Gasteiger partial charge in [-0.3, -0.25) is 0 Å². The fraction of sp³-hybridized carbons (Fsp3) is 0.316. The third-order valence-corrected chi connectivity index (χ3v) is 4.61. The molecular weight excluding hydrogens is 354 g/mol. The minimum Gasteiger partial charge on any atom is -0.461 e. The highest BCUT2D eigenvalue weighted by Gasteiger charge is 2.34. The molecule has 1 aromatic carbocycles. The number of hydrogen-bond acceptors (Lipinski definition) is 5. The number of rotatable bonds is 4. The Labute approximate surface area is 154 Å². The van der Waals surface area contributed by atoms with E-state index in [4.69, 9.17) is 4.74 Å². The lowest BCUT2D eigenvalue weighted by Gasteiger charge is -2.25. The first-order valence-electron chi connectivity index (χ1n) is 8.75. The molecule has 0 radical (unpaired) electrons. The Hall–Kier alpha value is -3.03. The van der Waals surface area contributed by atoms with Crippen molar-refractivity contribution in [2.24, 2.45) is 0 Å². The summed E-state index contributed by atoms with van der Waals surface area (Å²) in [6, 6.07) is 9.25. The molecule has 0 bridgehead atoms. The van der Waals surface area contributed by atoms with Gasteiger partial charge in [-0.1, -0.05) is 12.1 Å². The third-order valence-electron chi connectivity index (χ3n) is 4.61. The van der Waals surface area contributed by atoms with Crippen molar-refractivity contribution in [1.82, 2.24) is 14.6 Å². The first-order valence-corrected chi connectivity index (χ1v) is 8.75. The molecule has 4 rings (SSSR count). The van der Waals surface area contributed by atoms with Gasteiger partial charge in [0.25, 0.3) is 0 Å². The highest BCUT2D eigenvalue weighted by atomic mass is 19.1. The zero-order valence-electron chi connectivity index (χ0n) is 14.7. The van der Waals surface area contributed by atoms with Gasteiger partial charge in [-0.25, -0.2) is 23.1 Å². The molecule has 27 heavy (non-hydrogen) atoms. The van der Waals surface area contributed by atoms with E-state index >= 15 is 0 Å². The molecule has 3 aromatic rings. The Morgan fingerprint density at radius 2 is 2.19 bits per heavy atom. The van der Waals surface area contributed by atoms with Gasteiger partial charge in [0.1, 0.15) is 17.8 Å². The van der Waals surface area contributed by atoms with Crippen molar-refractivity contribution in [1.29, 1.82) is 0 Å². The van der Waals surface area contributed by atoms with Crippen molar-refractivity contribution in [2.75, 3.05) is 18.1 Å². The molecule has 0 aliphatic carbocycles. The van der Waals surface area contributed by atoms with Crippen LogP contribution in [0.1, 0.15) is 35.4 Å². The molecule has 0 saturated carbocycles.